The molecule has 14 heavy (non-hydrogen) atoms. The van der Waals surface area contributed by atoms with Gasteiger partial charge in [-0.1, -0.05) is 24.3 Å². The molecule has 0 radical (unpaired) electrons. The van der Waals surface area contributed by atoms with Crippen LogP contribution in [-0.4, -0.2) is 17.5 Å². The Labute approximate surface area is 79.7 Å². The topological polar surface area (TPSA) is 60.1 Å². The molecule has 0 aromatic heterocycles. The number of carbonyl (C=O) groups excluding carboxylic acids is 2. The van der Waals surface area contributed by atoms with Gasteiger partial charge in [-0.25, -0.2) is 0 Å². The summed E-state index contributed by atoms with van der Waals surface area (Å²) in [5, 5.41) is 2.29. The Morgan fingerprint density at radius 2 is 2.07 bits per heavy atom. The lowest BCUT2D eigenvalue weighted by Gasteiger charge is -2.05. The summed E-state index contributed by atoms with van der Waals surface area (Å²) >= 11 is 0. The van der Waals surface area contributed by atoms with Crippen LogP contribution in [-0.2, 0) is 9.59 Å². The number of nitrogens with one attached hydrogen (secondary N) is 2. The molecule has 1 aliphatic carbocycles. The van der Waals surface area contributed by atoms with Crippen LogP contribution in [0.25, 0.3) is 0 Å². The van der Waals surface area contributed by atoms with E-state index in [9.17, 15) is 9.59 Å². The zero-order chi connectivity index (χ0) is 9.71. The first-order chi connectivity index (χ1) is 6.77. The molecule has 0 fully saturated rings. The average molecular weight is 187 g/mol. The number of hydrogen-bond donors (Lipinski definition) is 2. The summed E-state index contributed by atoms with van der Waals surface area (Å²) < 4.78 is 0. The van der Waals surface area contributed by atoms with Gasteiger partial charge in [-0.3, -0.25) is 14.9 Å². The molecular formula is C10H7N2O2+. The van der Waals surface area contributed by atoms with Crippen LogP contribution in [0.15, 0.2) is 35.6 Å². The number of hydrogen-bond acceptors (Lipinski definition) is 2. The number of imide groups is 1. The van der Waals surface area contributed by atoms with Crippen LogP contribution < -0.4 is 10.3 Å². The highest BCUT2D eigenvalue weighted by molar-refractivity contribution is 6.44. The first kappa shape index (κ1) is 7.44. The van der Waals surface area contributed by atoms with Crippen molar-refractivity contribution >= 4 is 17.5 Å². The monoisotopic (exact) mass is 187 g/mol. The van der Waals surface area contributed by atoms with Crippen molar-refractivity contribution < 1.29 is 14.6 Å². The molecule has 3 aliphatic rings. The summed E-state index contributed by atoms with van der Waals surface area (Å²) in [6.45, 7) is 0. The number of fused-ring (bicyclic) bond motifs is 3. The minimum absolute atomic E-state index is 0.0681. The van der Waals surface area contributed by atoms with Crippen LogP contribution in [0.5, 0.6) is 0 Å². The average Bonchev–Trinajstić information content (AvgIpc) is 2.52. The van der Waals surface area contributed by atoms with Crippen LogP contribution in [0.2, 0.25) is 0 Å². The molecule has 0 aromatic carbocycles. The summed E-state index contributed by atoms with van der Waals surface area (Å²) in [5.41, 5.74) is 1.94. The van der Waals surface area contributed by atoms with Gasteiger partial charge in [0.25, 0.3) is 11.4 Å². The van der Waals surface area contributed by atoms with Gasteiger partial charge in [-0.05, 0) is 0 Å². The molecular weight excluding hydrogens is 180 g/mol. The van der Waals surface area contributed by atoms with Gasteiger partial charge in [0, 0.05) is 5.57 Å². The van der Waals surface area contributed by atoms with Crippen molar-refractivity contribution in [3.8, 4) is 0 Å². The smallest absolute Gasteiger partial charge is 0.278 e. The van der Waals surface area contributed by atoms with E-state index >= 15 is 0 Å². The lowest BCUT2D eigenvalue weighted by Crippen LogP contribution is -2.78. The number of allylic oxidation sites excluding steroid dienone is 5. The third kappa shape index (κ3) is 0.750. The van der Waals surface area contributed by atoms with Crippen LogP contribution in [0.3, 0.4) is 0 Å². The molecule has 0 aromatic rings. The highest BCUT2D eigenvalue weighted by Gasteiger charge is 2.46. The summed E-state index contributed by atoms with van der Waals surface area (Å²) in [4.78, 5) is 25.7. The van der Waals surface area contributed by atoms with E-state index in [4.69, 9.17) is 0 Å². The zero-order valence-electron chi connectivity index (χ0n) is 7.20. The first-order valence-electron chi connectivity index (χ1n) is 4.36. The van der Waals surface area contributed by atoms with Crippen LogP contribution >= 0.6 is 0 Å². The van der Waals surface area contributed by atoms with Gasteiger partial charge in [-0.15, -0.1) is 0 Å². The Hall–Kier alpha value is -1.97. The van der Waals surface area contributed by atoms with Crippen molar-refractivity contribution in [2.24, 2.45) is 5.92 Å². The number of amides is 2. The molecule has 0 saturated carbocycles. The third-order valence-corrected chi connectivity index (χ3v) is 2.58. The molecule has 2 N–H and O–H groups in total. The van der Waals surface area contributed by atoms with Crippen LogP contribution in [0, 0.1) is 5.92 Å². The van der Waals surface area contributed by atoms with E-state index in [1.807, 2.05) is 24.3 Å². The molecule has 1 atom stereocenters. The summed E-state index contributed by atoms with van der Waals surface area (Å²) in [7, 11) is 0. The fraction of sp³-hybridized carbons (Fsp3) is 0.100. The molecule has 4 heteroatoms. The quantitative estimate of drug-likeness (QED) is 0.438. The maximum Gasteiger partial charge on any atom is 0.323 e. The van der Waals surface area contributed by atoms with Crippen molar-refractivity contribution in [3.05, 3.63) is 35.6 Å². The predicted molar refractivity (Wildman–Crippen MR) is 47.9 cm³/mol. The van der Waals surface area contributed by atoms with Gasteiger partial charge >= 0.3 is 11.8 Å². The Morgan fingerprint density at radius 1 is 1.21 bits per heavy atom. The predicted octanol–water partition coefficient (Wildman–Crippen LogP) is -1.83. The lowest BCUT2D eigenvalue weighted by molar-refractivity contribution is -0.389. The molecule has 0 saturated heterocycles. The molecule has 1 unspecified atom stereocenters. The van der Waals surface area contributed by atoms with Crippen molar-refractivity contribution in [1.82, 2.24) is 5.32 Å². The molecule has 2 aliphatic heterocycles. The molecule has 2 heterocycles. The van der Waals surface area contributed by atoms with E-state index < -0.39 is 0 Å². The van der Waals surface area contributed by atoms with Crippen LogP contribution in [0.1, 0.15) is 0 Å². The second kappa shape index (κ2) is 2.29. The normalized spacial score (nSPS) is 27.7. The van der Waals surface area contributed by atoms with Gasteiger partial charge < -0.3 is 0 Å². The maximum absolute atomic E-state index is 11.4. The largest absolute Gasteiger partial charge is 0.323 e. The van der Waals surface area contributed by atoms with Crippen molar-refractivity contribution in [2.75, 3.05) is 0 Å². The molecule has 68 valence electrons. The van der Waals surface area contributed by atoms with Crippen molar-refractivity contribution in [2.45, 2.75) is 0 Å². The standard InChI is InChI=1S/C10H6N2O2/c13-9-7-5-3-1-2-4-6(5)8(11-7)10(14)12-9/h1-5H,(H,12,13,14)/p+1. The Morgan fingerprint density at radius 3 is 2.93 bits per heavy atom. The second-order valence-corrected chi connectivity index (χ2v) is 3.37. The molecule has 0 spiro atoms. The van der Waals surface area contributed by atoms with E-state index in [1.165, 1.54) is 0 Å². The summed E-state index contributed by atoms with van der Waals surface area (Å²) in [6.07, 6.45) is 7.50. The maximum atomic E-state index is 11.4. The molecule has 3 rings (SSSR count). The molecule has 2 bridgehead atoms. The van der Waals surface area contributed by atoms with E-state index in [0.29, 0.717) is 11.4 Å². The van der Waals surface area contributed by atoms with Crippen molar-refractivity contribution in [3.63, 3.8) is 0 Å². The van der Waals surface area contributed by atoms with Crippen molar-refractivity contribution in [1.29, 1.82) is 0 Å². The minimum Gasteiger partial charge on any atom is -0.278 e. The zero-order valence-corrected chi connectivity index (χ0v) is 7.20. The highest BCUT2D eigenvalue weighted by atomic mass is 16.2. The van der Waals surface area contributed by atoms with Gasteiger partial charge in [0.15, 0.2) is 0 Å². The van der Waals surface area contributed by atoms with E-state index in [2.05, 4.69) is 10.3 Å². The Balaban J connectivity index is 2.23. The summed E-state index contributed by atoms with van der Waals surface area (Å²) in [5.74, 6) is -0.726. The Bertz CT molecular complexity index is 480. The van der Waals surface area contributed by atoms with Gasteiger partial charge in [-0.2, -0.15) is 4.99 Å². The fourth-order valence-electron chi connectivity index (χ4n) is 1.94. The van der Waals surface area contributed by atoms with Gasteiger partial charge in [0.05, 0.1) is 5.92 Å². The van der Waals surface area contributed by atoms with Crippen LogP contribution in [0.4, 0.5) is 0 Å². The van der Waals surface area contributed by atoms with Gasteiger partial charge in [0.2, 0.25) is 0 Å². The summed E-state index contributed by atoms with van der Waals surface area (Å²) in [6, 6.07) is 0. The number of carbonyl (C=O) groups is 2. The second-order valence-electron chi connectivity index (χ2n) is 3.37. The molecule has 2 amide bonds. The van der Waals surface area contributed by atoms with E-state index in [1.54, 1.807) is 0 Å². The minimum atomic E-state index is -0.337. The number of rotatable bonds is 0. The highest BCUT2D eigenvalue weighted by Crippen LogP contribution is 2.25. The Kier molecular flexibility index (Phi) is 1.21. The first-order valence-corrected chi connectivity index (χ1v) is 4.36. The third-order valence-electron chi connectivity index (χ3n) is 2.58. The van der Waals surface area contributed by atoms with E-state index in [-0.39, 0.29) is 17.7 Å². The lowest BCUT2D eigenvalue weighted by atomic mass is 9.92. The molecule has 4 nitrogen and oxygen atoms in total. The van der Waals surface area contributed by atoms with Gasteiger partial charge in [0.1, 0.15) is 0 Å². The SMILES string of the molecule is O=C1NC(=O)C2=C3C=CC=CC3C1=[NH+]2. The fourth-order valence-corrected chi connectivity index (χ4v) is 1.94. The van der Waals surface area contributed by atoms with E-state index in [0.717, 1.165) is 5.57 Å².